The minimum Gasteiger partial charge on any atom is -0.482 e. The highest BCUT2D eigenvalue weighted by atomic mass is 16.5. The second-order valence-electron chi connectivity index (χ2n) is 6.63. The minimum atomic E-state index is -0.0622. The van der Waals surface area contributed by atoms with E-state index in [0.29, 0.717) is 18.3 Å². The van der Waals surface area contributed by atoms with Crippen LogP contribution >= 0.6 is 0 Å². The van der Waals surface area contributed by atoms with Crippen LogP contribution in [0.3, 0.4) is 0 Å². The molecule has 2 N–H and O–H groups in total. The van der Waals surface area contributed by atoms with E-state index < -0.39 is 0 Å². The Kier molecular flexibility index (Phi) is 4.83. The van der Waals surface area contributed by atoms with Gasteiger partial charge in [0, 0.05) is 23.8 Å². The Morgan fingerprint density at radius 3 is 2.71 bits per heavy atom. The molecule has 0 saturated heterocycles. The Bertz CT molecular complexity index is 505. The number of amides is 1. The number of rotatable bonds is 6. The first-order valence-corrected chi connectivity index (χ1v) is 7.47. The second kappa shape index (κ2) is 6.43. The standard InChI is InChI=1S/C16H25N3O2/c1-11-5-8-14(13(18-11)9-17-16(2,3)4)21-10-15(20)19-12-6-7-12/h5,8,12,17H,6-7,9-10H2,1-4H3,(H,19,20). The van der Waals surface area contributed by atoms with Crippen molar-refractivity contribution in [3.05, 3.63) is 23.5 Å². The van der Waals surface area contributed by atoms with E-state index in [-0.39, 0.29) is 18.1 Å². The number of hydrogen-bond acceptors (Lipinski definition) is 4. The van der Waals surface area contributed by atoms with Crippen molar-refractivity contribution in [2.24, 2.45) is 0 Å². The third-order valence-corrected chi connectivity index (χ3v) is 3.16. The van der Waals surface area contributed by atoms with Crippen molar-refractivity contribution in [2.45, 2.75) is 58.7 Å². The SMILES string of the molecule is Cc1ccc(OCC(=O)NC2CC2)c(CNC(C)(C)C)n1. The number of ether oxygens (including phenoxy) is 1. The van der Waals surface area contributed by atoms with Gasteiger partial charge < -0.3 is 15.4 Å². The smallest absolute Gasteiger partial charge is 0.258 e. The summed E-state index contributed by atoms with van der Waals surface area (Å²) in [5.74, 6) is 0.608. The summed E-state index contributed by atoms with van der Waals surface area (Å²) in [6.07, 6.45) is 2.16. The van der Waals surface area contributed by atoms with E-state index in [1.807, 2.05) is 19.1 Å². The molecule has 1 heterocycles. The molecule has 0 bridgehead atoms. The van der Waals surface area contributed by atoms with Crippen molar-refractivity contribution >= 4 is 5.91 Å². The van der Waals surface area contributed by atoms with E-state index >= 15 is 0 Å². The molecule has 0 aromatic carbocycles. The summed E-state index contributed by atoms with van der Waals surface area (Å²) in [6, 6.07) is 4.14. The number of pyridine rings is 1. The number of hydrogen-bond donors (Lipinski definition) is 2. The van der Waals surface area contributed by atoms with Crippen molar-refractivity contribution in [1.82, 2.24) is 15.6 Å². The van der Waals surface area contributed by atoms with Crippen LogP contribution in [0, 0.1) is 6.92 Å². The lowest BCUT2D eigenvalue weighted by Crippen LogP contribution is -2.35. The summed E-state index contributed by atoms with van der Waals surface area (Å²) < 4.78 is 5.63. The third-order valence-electron chi connectivity index (χ3n) is 3.16. The lowest BCUT2D eigenvalue weighted by Gasteiger charge is -2.21. The first-order chi connectivity index (χ1) is 9.83. The van der Waals surface area contributed by atoms with Gasteiger partial charge in [-0.2, -0.15) is 0 Å². The van der Waals surface area contributed by atoms with Gasteiger partial charge in [-0.3, -0.25) is 9.78 Å². The molecular weight excluding hydrogens is 266 g/mol. The van der Waals surface area contributed by atoms with Crippen LogP contribution in [0.15, 0.2) is 12.1 Å². The Balaban J connectivity index is 1.94. The van der Waals surface area contributed by atoms with Gasteiger partial charge in [0.1, 0.15) is 5.75 Å². The second-order valence-corrected chi connectivity index (χ2v) is 6.63. The van der Waals surface area contributed by atoms with Crippen LogP contribution in [0.4, 0.5) is 0 Å². The molecule has 1 fully saturated rings. The lowest BCUT2D eigenvalue weighted by atomic mass is 10.1. The van der Waals surface area contributed by atoms with Crippen LogP contribution < -0.4 is 15.4 Å². The van der Waals surface area contributed by atoms with Crippen LogP contribution in [-0.2, 0) is 11.3 Å². The molecule has 1 aromatic heterocycles. The number of aryl methyl sites for hydroxylation is 1. The number of aromatic nitrogens is 1. The topological polar surface area (TPSA) is 63.2 Å². The Labute approximate surface area is 126 Å². The predicted molar refractivity (Wildman–Crippen MR) is 82.2 cm³/mol. The van der Waals surface area contributed by atoms with Crippen LogP contribution in [0.1, 0.15) is 45.0 Å². The first-order valence-electron chi connectivity index (χ1n) is 7.47. The molecule has 0 radical (unpaired) electrons. The van der Waals surface area contributed by atoms with Gasteiger partial charge in [-0.15, -0.1) is 0 Å². The highest BCUT2D eigenvalue weighted by Gasteiger charge is 2.23. The first kappa shape index (κ1) is 15.8. The van der Waals surface area contributed by atoms with Gasteiger partial charge in [0.2, 0.25) is 0 Å². The highest BCUT2D eigenvalue weighted by Crippen LogP contribution is 2.20. The molecule has 1 aliphatic rings. The molecule has 5 nitrogen and oxygen atoms in total. The molecule has 1 aromatic rings. The largest absolute Gasteiger partial charge is 0.482 e. The summed E-state index contributed by atoms with van der Waals surface area (Å²) >= 11 is 0. The van der Waals surface area contributed by atoms with E-state index in [1.54, 1.807) is 0 Å². The number of carbonyl (C=O) groups is 1. The Morgan fingerprint density at radius 1 is 1.38 bits per heavy atom. The fourth-order valence-corrected chi connectivity index (χ4v) is 1.84. The maximum atomic E-state index is 11.7. The van der Waals surface area contributed by atoms with E-state index in [2.05, 4.69) is 36.4 Å². The van der Waals surface area contributed by atoms with Crippen LogP contribution in [0.2, 0.25) is 0 Å². The monoisotopic (exact) mass is 291 g/mol. The van der Waals surface area contributed by atoms with E-state index in [9.17, 15) is 4.79 Å². The summed E-state index contributed by atoms with van der Waals surface area (Å²) in [5, 5.41) is 6.30. The molecule has 21 heavy (non-hydrogen) atoms. The van der Waals surface area contributed by atoms with E-state index in [4.69, 9.17) is 4.74 Å². The minimum absolute atomic E-state index is 0.00600. The summed E-state index contributed by atoms with van der Waals surface area (Å²) in [5.41, 5.74) is 1.78. The quantitative estimate of drug-likeness (QED) is 0.841. The van der Waals surface area contributed by atoms with Crippen LogP contribution in [0.25, 0.3) is 0 Å². The maximum absolute atomic E-state index is 11.7. The van der Waals surface area contributed by atoms with Crippen molar-refractivity contribution < 1.29 is 9.53 Å². The van der Waals surface area contributed by atoms with Crippen molar-refractivity contribution in [3.8, 4) is 5.75 Å². The number of nitrogens with zero attached hydrogens (tertiary/aromatic N) is 1. The molecule has 0 spiro atoms. The number of nitrogens with one attached hydrogen (secondary N) is 2. The molecule has 1 saturated carbocycles. The molecule has 0 aliphatic heterocycles. The fraction of sp³-hybridized carbons (Fsp3) is 0.625. The lowest BCUT2D eigenvalue weighted by molar-refractivity contribution is -0.123. The predicted octanol–water partition coefficient (Wildman–Crippen LogP) is 1.94. The van der Waals surface area contributed by atoms with E-state index in [1.165, 1.54) is 0 Å². The van der Waals surface area contributed by atoms with Gasteiger partial charge in [-0.25, -0.2) is 0 Å². The zero-order valence-electron chi connectivity index (χ0n) is 13.3. The summed E-state index contributed by atoms with van der Waals surface area (Å²) in [4.78, 5) is 16.2. The fourth-order valence-electron chi connectivity index (χ4n) is 1.84. The van der Waals surface area contributed by atoms with Gasteiger partial charge in [-0.1, -0.05) is 0 Å². The maximum Gasteiger partial charge on any atom is 0.258 e. The van der Waals surface area contributed by atoms with Crippen molar-refractivity contribution in [2.75, 3.05) is 6.61 Å². The molecule has 116 valence electrons. The Morgan fingerprint density at radius 2 is 2.10 bits per heavy atom. The van der Waals surface area contributed by atoms with Gasteiger partial charge in [0.25, 0.3) is 5.91 Å². The normalized spacial score (nSPS) is 14.9. The average Bonchev–Trinajstić information content (AvgIpc) is 3.18. The van der Waals surface area contributed by atoms with Gasteiger partial charge in [0.05, 0.1) is 5.69 Å². The third kappa shape index (κ3) is 5.71. The molecular formula is C16H25N3O2. The average molecular weight is 291 g/mol. The molecule has 5 heteroatoms. The van der Waals surface area contributed by atoms with Crippen LogP contribution in [-0.4, -0.2) is 29.1 Å². The van der Waals surface area contributed by atoms with Crippen molar-refractivity contribution in [3.63, 3.8) is 0 Å². The van der Waals surface area contributed by atoms with Gasteiger partial charge >= 0.3 is 0 Å². The zero-order valence-corrected chi connectivity index (χ0v) is 13.3. The Hall–Kier alpha value is -1.62. The molecule has 0 unspecified atom stereocenters. The summed E-state index contributed by atoms with van der Waals surface area (Å²) in [7, 11) is 0. The summed E-state index contributed by atoms with van der Waals surface area (Å²) in [6.45, 7) is 8.92. The number of carbonyl (C=O) groups excluding carboxylic acids is 1. The van der Waals surface area contributed by atoms with Crippen molar-refractivity contribution in [1.29, 1.82) is 0 Å². The molecule has 1 aliphatic carbocycles. The van der Waals surface area contributed by atoms with Crippen LogP contribution in [0.5, 0.6) is 5.75 Å². The highest BCUT2D eigenvalue weighted by molar-refractivity contribution is 5.78. The van der Waals surface area contributed by atoms with Gasteiger partial charge in [0.15, 0.2) is 6.61 Å². The van der Waals surface area contributed by atoms with Gasteiger partial charge in [-0.05, 0) is 52.7 Å². The molecule has 1 amide bonds. The molecule has 2 rings (SSSR count). The molecule has 0 atom stereocenters. The zero-order chi connectivity index (χ0) is 15.5. The van der Waals surface area contributed by atoms with E-state index in [0.717, 1.165) is 24.2 Å².